The van der Waals surface area contributed by atoms with Crippen molar-refractivity contribution in [1.82, 2.24) is 15.1 Å². The Hall–Kier alpha value is -1.14. The van der Waals surface area contributed by atoms with Crippen molar-refractivity contribution in [3.63, 3.8) is 0 Å². The van der Waals surface area contributed by atoms with E-state index in [4.69, 9.17) is 0 Å². The predicted octanol–water partition coefficient (Wildman–Crippen LogP) is -0.761. The summed E-state index contributed by atoms with van der Waals surface area (Å²) >= 11 is 0. The Morgan fingerprint density at radius 3 is 2.50 bits per heavy atom. The molecule has 1 unspecified atom stereocenters. The van der Waals surface area contributed by atoms with Crippen molar-refractivity contribution in [3.8, 4) is 0 Å². The maximum absolute atomic E-state index is 11.5. The molecule has 0 radical (unpaired) electrons. The number of hydrogen-bond donors (Lipinski definition) is 2. The first-order chi connectivity index (χ1) is 7.41. The van der Waals surface area contributed by atoms with Crippen LogP contribution in [0.1, 0.15) is 13.8 Å². The number of likely N-dealkylation sites (N-methyl/N-ethyl adjacent to an activating group) is 1. The van der Waals surface area contributed by atoms with Crippen LogP contribution in [0.4, 0.5) is 4.79 Å². The Kier molecular flexibility index (Phi) is 4.26. The number of imide groups is 1. The highest BCUT2D eigenvalue weighted by Gasteiger charge is 2.34. The lowest BCUT2D eigenvalue weighted by Gasteiger charge is -2.19. The Morgan fingerprint density at radius 1 is 1.44 bits per heavy atom. The van der Waals surface area contributed by atoms with Crippen molar-refractivity contribution in [2.24, 2.45) is 0 Å². The van der Waals surface area contributed by atoms with E-state index in [1.165, 1.54) is 4.90 Å². The third-order valence-electron chi connectivity index (χ3n) is 2.39. The summed E-state index contributed by atoms with van der Waals surface area (Å²) in [6, 6.07) is -0.0732. The fraction of sp³-hybridized carbons (Fsp3) is 0.800. The van der Waals surface area contributed by atoms with Gasteiger partial charge in [-0.15, -0.1) is 0 Å². The molecule has 1 fully saturated rings. The van der Waals surface area contributed by atoms with Gasteiger partial charge in [0.1, 0.15) is 6.54 Å². The van der Waals surface area contributed by atoms with Crippen LogP contribution in [0.3, 0.4) is 0 Å². The number of aliphatic hydroxyl groups excluding tert-OH is 1. The van der Waals surface area contributed by atoms with Crippen LogP contribution in [0.25, 0.3) is 0 Å². The van der Waals surface area contributed by atoms with E-state index in [1.54, 1.807) is 7.05 Å². The van der Waals surface area contributed by atoms with E-state index >= 15 is 0 Å². The first-order valence-corrected chi connectivity index (χ1v) is 5.38. The number of amides is 3. The quantitative estimate of drug-likeness (QED) is 0.608. The average Bonchev–Trinajstić information content (AvgIpc) is 2.42. The number of aliphatic hydroxyl groups is 1. The monoisotopic (exact) mass is 229 g/mol. The zero-order chi connectivity index (χ0) is 12.3. The number of nitrogens with zero attached hydrogens (tertiary/aromatic N) is 2. The normalized spacial score (nSPS) is 18.8. The van der Waals surface area contributed by atoms with E-state index in [2.05, 4.69) is 5.32 Å². The Balaban J connectivity index is 2.41. The van der Waals surface area contributed by atoms with Gasteiger partial charge < -0.3 is 15.3 Å². The molecule has 1 saturated heterocycles. The summed E-state index contributed by atoms with van der Waals surface area (Å²) in [6.45, 7) is 4.46. The minimum Gasteiger partial charge on any atom is -0.390 e. The molecule has 16 heavy (non-hydrogen) atoms. The molecule has 2 N–H and O–H groups in total. The van der Waals surface area contributed by atoms with Gasteiger partial charge in [0.25, 0.3) is 0 Å². The first kappa shape index (κ1) is 12.9. The van der Waals surface area contributed by atoms with Crippen LogP contribution < -0.4 is 5.32 Å². The second-order valence-corrected chi connectivity index (χ2v) is 4.36. The largest absolute Gasteiger partial charge is 0.390 e. The van der Waals surface area contributed by atoms with E-state index in [0.717, 1.165) is 4.90 Å². The smallest absolute Gasteiger partial charge is 0.327 e. The van der Waals surface area contributed by atoms with Crippen molar-refractivity contribution in [2.45, 2.75) is 26.0 Å². The van der Waals surface area contributed by atoms with Gasteiger partial charge in [-0.3, -0.25) is 9.69 Å². The summed E-state index contributed by atoms with van der Waals surface area (Å²) in [4.78, 5) is 25.3. The van der Waals surface area contributed by atoms with Gasteiger partial charge in [-0.25, -0.2) is 4.79 Å². The summed E-state index contributed by atoms with van der Waals surface area (Å²) in [5, 5.41) is 12.7. The van der Waals surface area contributed by atoms with Gasteiger partial charge >= 0.3 is 6.03 Å². The van der Waals surface area contributed by atoms with Crippen LogP contribution in [0, 0.1) is 0 Å². The van der Waals surface area contributed by atoms with Gasteiger partial charge in [0.15, 0.2) is 0 Å². The minimum absolute atomic E-state index is 0.0573. The molecule has 1 atom stereocenters. The molecular formula is C10H19N3O3. The van der Waals surface area contributed by atoms with Gasteiger partial charge in [0, 0.05) is 19.6 Å². The van der Waals surface area contributed by atoms with E-state index in [0.29, 0.717) is 6.54 Å². The molecule has 0 aromatic heterocycles. The molecular weight excluding hydrogens is 210 g/mol. The number of urea groups is 1. The summed E-state index contributed by atoms with van der Waals surface area (Å²) in [5.41, 5.74) is 0. The molecule has 1 heterocycles. The van der Waals surface area contributed by atoms with Crippen LogP contribution in [-0.4, -0.2) is 65.7 Å². The topological polar surface area (TPSA) is 72.9 Å². The molecule has 1 aliphatic heterocycles. The first-order valence-electron chi connectivity index (χ1n) is 5.38. The number of carbonyl (C=O) groups excluding carboxylic acids is 2. The molecule has 6 heteroatoms. The second-order valence-electron chi connectivity index (χ2n) is 4.36. The molecule has 1 aliphatic rings. The van der Waals surface area contributed by atoms with Crippen LogP contribution >= 0.6 is 0 Å². The molecule has 0 bridgehead atoms. The van der Waals surface area contributed by atoms with Gasteiger partial charge in [-0.05, 0) is 0 Å². The van der Waals surface area contributed by atoms with E-state index in [-0.39, 0.29) is 31.1 Å². The molecule has 0 saturated carbocycles. The SMILES string of the molecule is CC(C)NCC(O)CN1C(=O)CN(C)C1=O. The molecule has 3 amide bonds. The second kappa shape index (κ2) is 5.27. The third-order valence-corrected chi connectivity index (χ3v) is 2.39. The van der Waals surface area contributed by atoms with Crippen LogP contribution in [0.2, 0.25) is 0 Å². The molecule has 0 aliphatic carbocycles. The van der Waals surface area contributed by atoms with E-state index in [1.807, 2.05) is 13.8 Å². The van der Waals surface area contributed by atoms with Gasteiger partial charge in [0.2, 0.25) is 5.91 Å². The molecule has 0 aromatic carbocycles. The lowest BCUT2D eigenvalue weighted by Crippen LogP contribution is -2.43. The summed E-state index contributed by atoms with van der Waals surface area (Å²) in [7, 11) is 1.57. The van der Waals surface area contributed by atoms with Gasteiger partial charge in [0.05, 0.1) is 12.6 Å². The molecule has 1 rings (SSSR count). The van der Waals surface area contributed by atoms with Crippen molar-refractivity contribution in [2.75, 3.05) is 26.7 Å². The Labute approximate surface area is 95.2 Å². The highest BCUT2D eigenvalue weighted by Crippen LogP contribution is 2.08. The zero-order valence-corrected chi connectivity index (χ0v) is 9.93. The number of rotatable bonds is 5. The van der Waals surface area contributed by atoms with Crippen LogP contribution in [-0.2, 0) is 4.79 Å². The highest BCUT2D eigenvalue weighted by atomic mass is 16.3. The highest BCUT2D eigenvalue weighted by molar-refractivity contribution is 6.01. The lowest BCUT2D eigenvalue weighted by atomic mass is 10.3. The molecule has 0 spiro atoms. The van der Waals surface area contributed by atoms with Crippen molar-refractivity contribution >= 4 is 11.9 Å². The average molecular weight is 229 g/mol. The maximum Gasteiger partial charge on any atom is 0.327 e. The third kappa shape index (κ3) is 3.18. The van der Waals surface area contributed by atoms with E-state index < -0.39 is 6.10 Å². The Bertz CT molecular complexity index is 280. The predicted molar refractivity (Wildman–Crippen MR) is 58.9 cm³/mol. The van der Waals surface area contributed by atoms with Crippen LogP contribution in [0.15, 0.2) is 0 Å². The Morgan fingerprint density at radius 2 is 2.06 bits per heavy atom. The number of β-amino-alcohol motifs (C(OH)–C–C–N with tert-alkyl or cyclic N) is 1. The van der Waals surface area contributed by atoms with Crippen molar-refractivity contribution in [1.29, 1.82) is 0 Å². The maximum atomic E-state index is 11.5. The van der Waals surface area contributed by atoms with E-state index in [9.17, 15) is 14.7 Å². The summed E-state index contributed by atoms with van der Waals surface area (Å²) < 4.78 is 0. The standard InChI is InChI=1S/C10H19N3O3/c1-7(2)11-4-8(14)5-13-9(15)6-12(3)10(13)16/h7-8,11,14H,4-6H2,1-3H3. The van der Waals surface area contributed by atoms with Crippen LogP contribution in [0.5, 0.6) is 0 Å². The number of hydrogen-bond acceptors (Lipinski definition) is 4. The fourth-order valence-electron chi connectivity index (χ4n) is 1.50. The number of carbonyl (C=O) groups is 2. The molecule has 0 aromatic rings. The minimum atomic E-state index is -0.721. The van der Waals surface area contributed by atoms with Gasteiger partial charge in [-0.2, -0.15) is 0 Å². The summed E-state index contributed by atoms with van der Waals surface area (Å²) in [5.74, 6) is -0.254. The zero-order valence-electron chi connectivity index (χ0n) is 9.93. The van der Waals surface area contributed by atoms with Gasteiger partial charge in [-0.1, -0.05) is 13.8 Å². The molecule has 6 nitrogen and oxygen atoms in total. The molecule has 92 valence electrons. The summed E-state index contributed by atoms with van der Waals surface area (Å²) in [6.07, 6.45) is -0.721. The van der Waals surface area contributed by atoms with Crippen molar-refractivity contribution in [3.05, 3.63) is 0 Å². The fourth-order valence-corrected chi connectivity index (χ4v) is 1.50. The lowest BCUT2D eigenvalue weighted by molar-refractivity contribution is -0.126. The number of nitrogens with one attached hydrogen (secondary N) is 1. The van der Waals surface area contributed by atoms with Crippen molar-refractivity contribution < 1.29 is 14.7 Å².